The van der Waals surface area contributed by atoms with E-state index in [0.29, 0.717) is 6.04 Å². The van der Waals surface area contributed by atoms with Crippen LogP contribution < -0.4 is 5.32 Å². The Morgan fingerprint density at radius 2 is 2.06 bits per heavy atom. The van der Waals surface area contributed by atoms with Crippen molar-refractivity contribution >= 4 is 11.6 Å². The van der Waals surface area contributed by atoms with Crippen LogP contribution >= 0.6 is 11.6 Å². The van der Waals surface area contributed by atoms with Gasteiger partial charge in [-0.3, -0.25) is 0 Å². The van der Waals surface area contributed by atoms with Gasteiger partial charge in [0.25, 0.3) is 0 Å². The van der Waals surface area contributed by atoms with Crippen LogP contribution in [-0.2, 0) is 0 Å². The Morgan fingerprint density at radius 3 is 2.59 bits per heavy atom. The van der Waals surface area contributed by atoms with Gasteiger partial charge in [-0.25, -0.2) is 0 Å². The maximum Gasteiger partial charge on any atom is 0.0408 e. The molecule has 96 valence electrons. The summed E-state index contributed by atoms with van der Waals surface area (Å²) in [5.41, 5.74) is 2.65. The Labute approximate surface area is 111 Å². The first-order chi connectivity index (χ1) is 8.08. The molecule has 2 atom stereocenters. The zero-order valence-corrected chi connectivity index (χ0v) is 12.1. The molecule has 0 radical (unpaired) electrons. The molecule has 0 fully saturated rings. The highest BCUT2D eigenvalue weighted by Crippen LogP contribution is 2.27. The normalized spacial score (nSPS) is 14.6. The molecule has 1 nitrogen and oxygen atoms in total. The number of rotatable bonds is 6. The van der Waals surface area contributed by atoms with Crippen LogP contribution in [0, 0.1) is 12.8 Å². The summed E-state index contributed by atoms with van der Waals surface area (Å²) in [7, 11) is 2.04. The van der Waals surface area contributed by atoms with E-state index in [2.05, 4.69) is 32.2 Å². The molecule has 1 rings (SSSR count). The van der Waals surface area contributed by atoms with Gasteiger partial charge in [-0.1, -0.05) is 44.4 Å². The molecular weight excluding hydrogens is 230 g/mol. The third kappa shape index (κ3) is 4.33. The van der Waals surface area contributed by atoms with Crippen LogP contribution in [0.4, 0.5) is 0 Å². The molecule has 0 aliphatic rings. The number of aryl methyl sites for hydroxylation is 1. The van der Waals surface area contributed by atoms with Crippen LogP contribution in [0.1, 0.15) is 50.3 Å². The van der Waals surface area contributed by atoms with Crippen molar-refractivity contribution in [3.63, 3.8) is 0 Å². The number of benzene rings is 1. The minimum Gasteiger partial charge on any atom is -0.313 e. The molecule has 1 aromatic carbocycles. The summed E-state index contributed by atoms with van der Waals surface area (Å²) in [5, 5.41) is 4.25. The zero-order valence-electron chi connectivity index (χ0n) is 11.4. The van der Waals surface area contributed by atoms with Crippen molar-refractivity contribution in [1.29, 1.82) is 0 Å². The lowest BCUT2D eigenvalue weighted by atomic mass is 9.91. The molecule has 0 aliphatic heterocycles. The lowest BCUT2D eigenvalue weighted by molar-refractivity contribution is 0.406. The van der Waals surface area contributed by atoms with E-state index in [1.54, 1.807) is 0 Å². The quantitative estimate of drug-likeness (QED) is 0.773. The summed E-state index contributed by atoms with van der Waals surface area (Å²) in [4.78, 5) is 0. The molecule has 0 amide bonds. The van der Waals surface area contributed by atoms with Crippen LogP contribution in [0.5, 0.6) is 0 Å². The minimum atomic E-state index is 0.439. The highest BCUT2D eigenvalue weighted by atomic mass is 35.5. The highest BCUT2D eigenvalue weighted by molar-refractivity contribution is 6.30. The predicted molar refractivity (Wildman–Crippen MR) is 76.7 cm³/mol. The average molecular weight is 254 g/mol. The lowest BCUT2D eigenvalue weighted by Crippen LogP contribution is -2.20. The molecule has 2 unspecified atom stereocenters. The summed E-state index contributed by atoms with van der Waals surface area (Å²) in [5.74, 6) is 0.757. The van der Waals surface area contributed by atoms with Crippen LogP contribution in [-0.4, -0.2) is 7.05 Å². The fourth-order valence-corrected chi connectivity index (χ4v) is 2.67. The molecule has 1 aromatic rings. The Bertz CT molecular complexity index is 349. The van der Waals surface area contributed by atoms with Gasteiger partial charge in [0.15, 0.2) is 0 Å². The predicted octanol–water partition coefficient (Wildman–Crippen LogP) is 4.74. The van der Waals surface area contributed by atoms with Crippen molar-refractivity contribution in [2.75, 3.05) is 7.05 Å². The fourth-order valence-electron chi connectivity index (χ4n) is 2.44. The minimum absolute atomic E-state index is 0.439. The monoisotopic (exact) mass is 253 g/mol. The summed E-state index contributed by atoms with van der Waals surface area (Å²) in [6.45, 7) is 6.72. The van der Waals surface area contributed by atoms with Crippen molar-refractivity contribution in [2.24, 2.45) is 5.92 Å². The van der Waals surface area contributed by atoms with Crippen LogP contribution in [0.25, 0.3) is 0 Å². The van der Waals surface area contributed by atoms with Crippen LogP contribution in [0.2, 0.25) is 5.02 Å². The molecule has 0 aromatic heterocycles. The van der Waals surface area contributed by atoms with E-state index in [0.717, 1.165) is 10.9 Å². The third-order valence-corrected chi connectivity index (χ3v) is 3.61. The first kappa shape index (κ1) is 14.5. The number of nitrogens with one attached hydrogen (secondary N) is 1. The molecule has 0 bridgehead atoms. The SMILES string of the molecule is CCCC(C)CC(NC)c1ccc(Cl)cc1C. The summed E-state index contributed by atoms with van der Waals surface area (Å²) < 4.78 is 0. The average Bonchev–Trinajstić information content (AvgIpc) is 2.27. The first-order valence-electron chi connectivity index (χ1n) is 6.51. The largest absolute Gasteiger partial charge is 0.313 e. The summed E-state index contributed by atoms with van der Waals surface area (Å²) >= 11 is 6.00. The van der Waals surface area contributed by atoms with Gasteiger partial charge in [-0.05, 0) is 49.6 Å². The van der Waals surface area contributed by atoms with Crippen LogP contribution in [0.15, 0.2) is 18.2 Å². The smallest absolute Gasteiger partial charge is 0.0408 e. The maximum atomic E-state index is 6.00. The maximum absolute atomic E-state index is 6.00. The van der Waals surface area contributed by atoms with E-state index in [-0.39, 0.29) is 0 Å². The Balaban J connectivity index is 2.79. The molecular formula is C15H24ClN. The van der Waals surface area contributed by atoms with Crippen molar-refractivity contribution < 1.29 is 0 Å². The van der Waals surface area contributed by atoms with Gasteiger partial charge in [0, 0.05) is 11.1 Å². The molecule has 0 heterocycles. The highest BCUT2D eigenvalue weighted by Gasteiger charge is 2.15. The molecule has 0 saturated carbocycles. The van der Waals surface area contributed by atoms with Gasteiger partial charge in [-0.2, -0.15) is 0 Å². The van der Waals surface area contributed by atoms with E-state index < -0.39 is 0 Å². The zero-order chi connectivity index (χ0) is 12.8. The second-order valence-corrected chi connectivity index (χ2v) is 5.41. The van der Waals surface area contributed by atoms with Crippen molar-refractivity contribution in [3.05, 3.63) is 34.3 Å². The molecule has 0 spiro atoms. The van der Waals surface area contributed by atoms with Gasteiger partial charge in [0.1, 0.15) is 0 Å². The van der Waals surface area contributed by atoms with Gasteiger partial charge in [0.05, 0.1) is 0 Å². The first-order valence-corrected chi connectivity index (χ1v) is 6.89. The van der Waals surface area contributed by atoms with Crippen molar-refractivity contribution in [2.45, 2.75) is 46.1 Å². The molecule has 2 heteroatoms. The van der Waals surface area contributed by atoms with E-state index in [4.69, 9.17) is 11.6 Å². The van der Waals surface area contributed by atoms with Gasteiger partial charge < -0.3 is 5.32 Å². The van der Waals surface area contributed by atoms with Crippen molar-refractivity contribution in [1.82, 2.24) is 5.32 Å². The van der Waals surface area contributed by atoms with Gasteiger partial charge >= 0.3 is 0 Å². The van der Waals surface area contributed by atoms with E-state index in [1.165, 1.54) is 30.4 Å². The molecule has 17 heavy (non-hydrogen) atoms. The number of hydrogen-bond acceptors (Lipinski definition) is 1. The summed E-state index contributed by atoms with van der Waals surface area (Å²) in [6.07, 6.45) is 3.74. The van der Waals surface area contributed by atoms with Crippen molar-refractivity contribution in [3.8, 4) is 0 Å². The standard InChI is InChI=1S/C15H24ClN/c1-5-6-11(2)9-15(17-4)14-8-7-13(16)10-12(14)3/h7-8,10-11,15,17H,5-6,9H2,1-4H3. The Hall–Kier alpha value is -0.530. The topological polar surface area (TPSA) is 12.0 Å². The Morgan fingerprint density at radius 1 is 1.35 bits per heavy atom. The molecule has 0 aliphatic carbocycles. The van der Waals surface area contributed by atoms with Gasteiger partial charge in [0.2, 0.25) is 0 Å². The third-order valence-electron chi connectivity index (χ3n) is 3.38. The Kier molecular flexibility index (Phi) is 6.01. The van der Waals surface area contributed by atoms with E-state index >= 15 is 0 Å². The van der Waals surface area contributed by atoms with Crippen LogP contribution in [0.3, 0.4) is 0 Å². The van der Waals surface area contributed by atoms with E-state index in [1.807, 2.05) is 19.2 Å². The van der Waals surface area contributed by atoms with E-state index in [9.17, 15) is 0 Å². The lowest BCUT2D eigenvalue weighted by Gasteiger charge is -2.22. The molecule has 0 saturated heterocycles. The second-order valence-electron chi connectivity index (χ2n) is 4.97. The van der Waals surface area contributed by atoms with Gasteiger partial charge in [-0.15, -0.1) is 0 Å². The second kappa shape index (κ2) is 7.03. The molecule has 1 N–H and O–H groups in total. The number of halogens is 1. The number of hydrogen-bond donors (Lipinski definition) is 1. The summed E-state index contributed by atoms with van der Waals surface area (Å²) in [6, 6.07) is 6.62. The fraction of sp³-hybridized carbons (Fsp3) is 0.600.